The predicted octanol–water partition coefficient (Wildman–Crippen LogP) is 3.59. The molecule has 1 aromatic carbocycles. The molecule has 1 aliphatic rings. The molecule has 23 heavy (non-hydrogen) atoms. The Morgan fingerprint density at radius 3 is 2.48 bits per heavy atom. The van der Waals surface area contributed by atoms with Crippen LogP contribution in [0.4, 0.5) is 5.69 Å². The van der Waals surface area contributed by atoms with E-state index in [1.165, 1.54) is 0 Å². The quantitative estimate of drug-likeness (QED) is 0.721. The third-order valence-corrected chi connectivity index (χ3v) is 4.51. The van der Waals surface area contributed by atoms with Gasteiger partial charge in [0.15, 0.2) is 17.1 Å². The zero-order valence-electron chi connectivity index (χ0n) is 14.3. The molecule has 5 heteroatoms. The molecule has 1 amide bonds. The van der Waals surface area contributed by atoms with Gasteiger partial charge in [-0.1, -0.05) is 27.2 Å². The Bertz CT molecular complexity index is 593. The number of ether oxygens (including phenoxy) is 2. The van der Waals surface area contributed by atoms with E-state index in [2.05, 4.69) is 6.92 Å². The highest BCUT2D eigenvalue weighted by Gasteiger charge is 2.46. The van der Waals surface area contributed by atoms with E-state index in [1.807, 2.05) is 13.8 Å². The summed E-state index contributed by atoms with van der Waals surface area (Å²) in [6.45, 7) is 6.60. The van der Waals surface area contributed by atoms with Crippen LogP contribution in [0.2, 0.25) is 0 Å². The molecular formula is C18H25NO4. The maximum Gasteiger partial charge on any atom is 0.271 e. The van der Waals surface area contributed by atoms with Gasteiger partial charge in [0.05, 0.1) is 12.8 Å². The zero-order chi connectivity index (χ0) is 17.0. The van der Waals surface area contributed by atoms with Gasteiger partial charge in [-0.2, -0.15) is 0 Å². The number of fused-ring (bicyclic) bond motifs is 1. The van der Waals surface area contributed by atoms with Gasteiger partial charge >= 0.3 is 0 Å². The molecule has 0 fully saturated rings. The number of nitrogens with zero attached hydrogens (tertiary/aromatic N) is 1. The Morgan fingerprint density at radius 2 is 1.96 bits per heavy atom. The highest BCUT2D eigenvalue weighted by Crippen LogP contribution is 2.46. The first-order chi connectivity index (χ1) is 11.1. The van der Waals surface area contributed by atoms with Crippen LogP contribution in [-0.4, -0.2) is 31.4 Å². The van der Waals surface area contributed by atoms with E-state index in [9.17, 15) is 9.59 Å². The molecule has 0 aliphatic carbocycles. The second-order valence-corrected chi connectivity index (χ2v) is 5.80. The minimum absolute atomic E-state index is 0.0337. The number of amides is 1. The number of hydrogen-bond donors (Lipinski definition) is 0. The molecule has 0 atom stereocenters. The molecule has 1 aromatic rings. The number of anilines is 1. The van der Waals surface area contributed by atoms with Crippen LogP contribution >= 0.6 is 0 Å². The van der Waals surface area contributed by atoms with Crippen molar-refractivity contribution in [1.82, 2.24) is 0 Å². The molecule has 1 heterocycles. The molecular weight excluding hydrogens is 294 g/mol. The number of methoxy groups -OCH3 is 1. The van der Waals surface area contributed by atoms with Crippen molar-refractivity contribution in [2.24, 2.45) is 0 Å². The lowest BCUT2D eigenvalue weighted by Gasteiger charge is -2.42. The van der Waals surface area contributed by atoms with E-state index in [1.54, 1.807) is 24.1 Å². The summed E-state index contributed by atoms with van der Waals surface area (Å²) in [5, 5.41) is 0. The summed E-state index contributed by atoms with van der Waals surface area (Å²) in [6.07, 6.45) is 3.80. The van der Waals surface area contributed by atoms with E-state index in [0.717, 1.165) is 19.1 Å². The van der Waals surface area contributed by atoms with Gasteiger partial charge in [0.25, 0.3) is 5.91 Å². The third kappa shape index (κ3) is 2.92. The number of rotatable bonds is 7. The minimum atomic E-state index is -0.864. The summed E-state index contributed by atoms with van der Waals surface area (Å²) < 4.78 is 11.5. The first kappa shape index (κ1) is 17.3. The van der Waals surface area contributed by atoms with Gasteiger partial charge in [0, 0.05) is 12.1 Å². The second kappa shape index (κ2) is 7.02. The highest BCUT2D eigenvalue weighted by molar-refractivity contribution is 6.04. The van der Waals surface area contributed by atoms with Crippen molar-refractivity contribution in [2.45, 2.75) is 52.1 Å². The van der Waals surface area contributed by atoms with Gasteiger partial charge in [-0.15, -0.1) is 0 Å². The van der Waals surface area contributed by atoms with E-state index in [-0.39, 0.29) is 5.91 Å². The Kier molecular flexibility index (Phi) is 5.29. The number of hydrogen-bond acceptors (Lipinski definition) is 4. The lowest BCUT2D eigenvalue weighted by atomic mass is 9.92. The molecule has 0 saturated heterocycles. The smallest absolute Gasteiger partial charge is 0.271 e. The SMILES string of the molecule is CCCCN1C(=O)C(CC)(CC)Oc2c(OC)cc(C=O)cc21. The molecule has 1 aliphatic heterocycles. The summed E-state index contributed by atoms with van der Waals surface area (Å²) in [5.41, 5.74) is 0.234. The summed E-state index contributed by atoms with van der Waals surface area (Å²) in [5.74, 6) is 1.01. The topological polar surface area (TPSA) is 55.8 Å². The van der Waals surface area contributed by atoms with Crippen molar-refractivity contribution in [3.63, 3.8) is 0 Å². The number of carbonyl (C=O) groups is 2. The average molecular weight is 319 g/mol. The normalized spacial score (nSPS) is 15.8. The Balaban J connectivity index is 2.63. The summed E-state index contributed by atoms with van der Waals surface area (Å²) >= 11 is 0. The van der Waals surface area contributed by atoms with Crippen molar-refractivity contribution in [3.05, 3.63) is 17.7 Å². The molecule has 0 aromatic heterocycles. The molecule has 0 saturated carbocycles. The summed E-state index contributed by atoms with van der Waals surface area (Å²) in [6, 6.07) is 3.35. The molecule has 5 nitrogen and oxygen atoms in total. The van der Waals surface area contributed by atoms with Crippen LogP contribution in [0.3, 0.4) is 0 Å². The fourth-order valence-corrected chi connectivity index (χ4v) is 2.96. The van der Waals surface area contributed by atoms with Crippen molar-refractivity contribution in [3.8, 4) is 11.5 Å². The molecule has 0 spiro atoms. The number of unbranched alkanes of at least 4 members (excludes halogenated alkanes) is 1. The minimum Gasteiger partial charge on any atom is -0.493 e. The van der Waals surface area contributed by atoms with Crippen molar-refractivity contribution >= 4 is 17.9 Å². The number of benzene rings is 1. The monoisotopic (exact) mass is 319 g/mol. The standard InChI is InChI=1S/C18H25NO4/c1-5-8-9-19-14-10-13(12-20)11-15(22-4)16(14)23-18(6-2,7-3)17(19)21/h10-12H,5-9H2,1-4H3. The fraction of sp³-hybridized carbons (Fsp3) is 0.556. The lowest BCUT2D eigenvalue weighted by molar-refractivity contribution is -0.136. The van der Waals surface area contributed by atoms with Crippen LogP contribution in [-0.2, 0) is 4.79 Å². The van der Waals surface area contributed by atoms with Crippen LogP contribution in [0.1, 0.15) is 56.8 Å². The first-order valence-corrected chi connectivity index (χ1v) is 8.25. The maximum absolute atomic E-state index is 13.0. The van der Waals surface area contributed by atoms with Crippen LogP contribution in [0.15, 0.2) is 12.1 Å². The molecule has 2 rings (SSSR count). The first-order valence-electron chi connectivity index (χ1n) is 8.25. The molecule has 126 valence electrons. The average Bonchev–Trinajstić information content (AvgIpc) is 2.59. The van der Waals surface area contributed by atoms with Crippen molar-refractivity contribution in [1.29, 1.82) is 0 Å². The van der Waals surface area contributed by atoms with Crippen molar-refractivity contribution in [2.75, 3.05) is 18.6 Å². The van der Waals surface area contributed by atoms with E-state index >= 15 is 0 Å². The highest BCUT2D eigenvalue weighted by atomic mass is 16.5. The van der Waals surface area contributed by atoms with Crippen LogP contribution < -0.4 is 14.4 Å². The van der Waals surface area contributed by atoms with E-state index in [0.29, 0.717) is 42.1 Å². The van der Waals surface area contributed by atoms with Gasteiger partial charge in [0.2, 0.25) is 0 Å². The van der Waals surface area contributed by atoms with Crippen LogP contribution in [0, 0.1) is 0 Å². The maximum atomic E-state index is 13.0. The molecule has 0 N–H and O–H groups in total. The Morgan fingerprint density at radius 1 is 1.26 bits per heavy atom. The lowest BCUT2D eigenvalue weighted by Crippen LogP contribution is -2.55. The van der Waals surface area contributed by atoms with Gasteiger partial charge in [-0.3, -0.25) is 9.59 Å². The van der Waals surface area contributed by atoms with Gasteiger partial charge in [-0.25, -0.2) is 0 Å². The van der Waals surface area contributed by atoms with E-state index < -0.39 is 5.60 Å². The van der Waals surface area contributed by atoms with Crippen LogP contribution in [0.5, 0.6) is 11.5 Å². The largest absolute Gasteiger partial charge is 0.493 e. The molecule has 0 unspecified atom stereocenters. The van der Waals surface area contributed by atoms with Gasteiger partial charge < -0.3 is 14.4 Å². The fourth-order valence-electron chi connectivity index (χ4n) is 2.96. The van der Waals surface area contributed by atoms with E-state index in [4.69, 9.17) is 9.47 Å². The Labute approximate surface area is 137 Å². The van der Waals surface area contributed by atoms with Crippen LogP contribution in [0.25, 0.3) is 0 Å². The second-order valence-electron chi connectivity index (χ2n) is 5.80. The Hall–Kier alpha value is -2.04. The number of aldehydes is 1. The summed E-state index contributed by atoms with van der Waals surface area (Å²) in [4.78, 5) is 26.0. The van der Waals surface area contributed by atoms with Crippen molar-refractivity contribution < 1.29 is 19.1 Å². The number of carbonyl (C=O) groups excluding carboxylic acids is 2. The van der Waals surface area contributed by atoms with Gasteiger partial charge in [-0.05, 0) is 31.4 Å². The molecule has 0 bridgehead atoms. The third-order valence-electron chi connectivity index (χ3n) is 4.51. The zero-order valence-corrected chi connectivity index (χ0v) is 14.3. The summed E-state index contributed by atoms with van der Waals surface area (Å²) in [7, 11) is 1.54. The predicted molar refractivity (Wildman–Crippen MR) is 89.6 cm³/mol. The van der Waals surface area contributed by atoms with Gasteiger partial charge in [0.1, 0.15) is 6.29 Å². The molecule has 0 radical (unpaired) electrons.